The van der Waals surface area contributed by atoms with Gasteiger partial charge in [-0.25, -0.2) is 0 Å². The average molecular weight is 393 g/mol. The Morgan fingerprint density at radius 2 is 2.00 bits per heavy atom. The lowest BCUT2D eigenvalue weighted by Gasteiger charge is -2.50. The number of fused-ring (bicyclic) bond motifs is 1. The Balaban J connectivity index is 1.70. The fraction of sp³-hybridized carbons (Fsp3) is 0.905. The zero-order valence-corrected chi connectivity index (χ0v) is 17.4. The van der Waals surface area contributed by atoms with Gasteiger partial charge in [-0.1, -0.05) is 0 Å². The largest absolute Gasteiger partial charge is 0.381 e. The normalized spacial score (nSPS) is 40.9. The van der Waals surface area contributed by atoms with Crippen LogP contribution in [0.15, 0.2) is 0 Å². The molecule has 3 N–H and O–H groups in total. The molecule has 2 saturated carbocycles. The molecule has 3 aliphatic rings. The number of piperidine rings is 1. The molecule has 0 bridgehead atoms. The van der Waals surface area contributed by atoms with Crippen LogP contribution in [0.1, 0.15) is 52.4 Å². The van der Waals surface area contributed by atoms with Crippen LogP contribution in [0.25, 0.3) is 0 Å². The van der Waals surface area contributed by atoms with E-state index in [0.717, 1.165) is 38.5 Å². The van der Waals surface area contributed by atoms with Crippen molar-refractivity contribution in [2.45, 2.75) is 88.7 Å². The number of nitrogens with one attached hydrogen (secondary N) is 3. The number of nitrogens with zero attached hydrogens (tertiary/aromatic N) is 1. The molecule has 6 atom stereocenters. The summed E-state index contributed by atoms with van der Waals surface area (Å²) in [5.74, 6) is 0.242. The predicted molar refractivity (Wildman–Crippen MR) is 107 cm³/mol. The Morgan fingerprint density at radius 1 is 1.25 bits per heavy atom. The zero-order chi connectivity index (χ0) is 20.1. The van der Waals surface area contributed by atoms with Crippen LogP contribution in [0.5, 0.6) is 0 Å². The van der Waals surface area contributed by atoms with Gasteiger partial charge in [0.05, 0.1) is 30.2 Å². The highest BCUT2D eigenvalue weighted by Crippen LogP contribution is 2.36. The van der Waals surface area contributed by atoms with E-state index in [1.165, 1.54) is 0 Å². The number of methoxy groups -OCH3 is 1. The highest BCUT2D eigenvalue weighted by atomic mass is 16.5. The maximum Gasteiger partial charge on any atom is 0.217 e. The van der Waals surface area contributed by atoms with Crippen LogP contribution in [0, 0.1) is 23.2 Å². The van der Waals surface area contributed by atoms with E-state index >= 15 is 0 Å². The fourth-order valence-electron chi connectivity index (χ4n) is 5.45. The molecule has 3 rings (SSSR count). The first-order valence-electron chi connectivity index (χ1n) is 10.9. The number of amides is 1. The van der Waals surface area contributed by atoms with Crippen molar-refractivity contribution in [3.8, 4) is 6.07 Å². The van der Waals surface area contributed by atoms with Gasteiger partial charge >= 0.3 is 0 Å². The van der Waals surface area contributed by atoms with E-state index in [0.29, 0.717) is 37.3 Å². The molecule has 1 amide bonds. The van der Waals surface area contributed by atoms with Crippen molar-refractivity contribution >= 4 is 5.91 Å². The third-order valence-corrected chi connectivity index (χ3v) is 6.84. The molecule has 0 aromatic heterocycles. The number of hydrogen-bond acceptors (Lipinski definition) is 6. The molecular weight excluding hydrogens is 356 g/mol. The van der Waals surface area contributed by atoms with Gasteiger partial charge in [0.1, 0.15) is 0 Å². The molecule has 7 nitrogen and oxygen atoms in total. The summed E-state index contributed by atoms with van der Waals surface area (Å²) >= 11 is 0. The summed E-state index contributed by atoms with van der Waals surface area (Å²) < 4.78 is 11.5. The predicted octanol–water partition coefficient (Wildman–Crippen LogP) is 1.33. The van der Waals surface area contributed by atoms with Crippen LogP contribution in [0.2, 0.25) is 0 Å². The van der Waals surface area contributed by atoms with Crippen LogP contribution in [0.4, 0.5) is 0 Å². The van der Waals surface area contributed by atoms with Gasteiger partial charge < -0.3 is 25.4 Å². The minimum Gasteiger partial charge on any atom is -0.381 e. The van der Waals surface area contributed by atoms with Crippen molar-refractivity contribution in [3.63, 3.8) is 0 Å². The second-order valence-corrected chi connectivity index (χ2v) is 8.59. The summed E-state index contributed by atoms with van der Waals surface area (Å²) in [4.78, 5) is 11.7. The first kappa shape index (κ1) is 21.5. The van der Waals surface area contributed by atoms with Crippen LogP contribution in [0.3, 0.4) is 0 Å². The zero-order valence-electron chi connectivity index (χ0n) is 17.4. The standard InChI is InChI=1S/C21H36N4O3/c1-4-28-20-10-18-17(9-19(20)24-13(2)26)21(14(11-22)12-23-18)25-15-5-7-16(27-3)8-6-15/h14-21,23,25H,4-10,12H2,1-3H3,(H,24,26). The Bertz CT molecular complexity index is 558. The van der Waals surface area contributed by atoms with Gasteiger partial charge in [-0.05, 0) is 51.4 Å². The molecule has 1 saturated heterocycles. The average Bonchev–Trinajstić information content (AvgIpc) is 2.69. The number of rotatable bonds is 6. The smallest absolute Gasteiger partial charge is 0.217 e. The quantitative estimate of drug-likeness (QED) is 0.631. The summed E-state index contributed by atoms with van der Waals surface area (Å²) in [7, 11) is 1.79. The number of ether oxygens (including phenoxy) is 2. The molecule has 2 aliphatic carbocycles. The number of hydrogen-bond donors (Lipinski definition) is 3. The van der Waals surface area contributed by atoms with Crippen LogP contribution in [-0.4, -0.2) is 62.5 Å². The lowest BCUT2D eigenvalue weighted by Crippen LogP contribution is -2.66. The SMILES string of the molecule is CCOC1CC2NCC(C#N)C(NC3CCC(OC)CC3)C2CC1NC(C)=O. The van der Waals surface area contributed by atoms with Crippen molar-refractivity contribution in [3.05, 3.63) is 0 Å². The van der Waals surface area contributed by atoms with E-state index in [4.69, 9.17) is 9.47 Å². The van der Waals surface area contributed by atoms with E-state index in [1.807, 2.05) is 6.92 Å². The first-order valence-corrected chi connectivity index (χ1v) is 10.9. The van der Waals surface area contributed by atoms with Crippen LogP contribution < -0.4 is 16.0 Å². The van der Waals surface area contributed by atoms with Crippen LogP contribution >= 0.6 is 0 Å². The Hall–Kier alpha value is -1.20. The minimum atomic E-state index is -0.0528. The van der Waals surface area contributed by atoms with Gasteiger partial charge in [0.2, 0.25) is 5.91 Å². The lowest BCUT2D eigenvalue weighted by molar-refractivity contribution is -0.122. The van der Waals surface area contributed by atoms with Crippen molar-refractivity contribution in [1.29, 1.82) is 5.26 Å². The molecule has 0 aromatic rings. The summed E-state index contributed by atoms with van der Waals surface area (Å²) in [6.45, 7) is 4.92. The second kappa shape index (κ2) is 10.0. The summed E-state index contributed by atoms with van der Waals surface area (Å²) in [5, 5.41) is 20.3. The Labute approximate surface area is 168 Å². The van der Waals surface area contributed by atoms with Crippen molar-refractivity contribution in [2.24, 2.45) is 11.8 Å². The highest BCUT2D eigenvalue weighted by Gasteiger charge is 2.47. The van der Waals surface area contributed by atoms with E-state index < -0.39 is 0 Å². The molecule has 7 heteroatoms. The van der Waals surface area contributed by atoms with Gasteiger partial charge in [-0.2, -0.15) is 5.26 Å². The maximum atomic E-state index is 11.7. The molecule has 3 fully saturated rings. The molecule has 1 heterocycles. The molecule has 158 valence electrons. The summed E-state index contributed by atoms with van der Waals surface area (Å²) in [6, 6.07) is 3.44. The van der Waals surface area contributed by atoms with Crippen molar-refractivity contribution in [2.75, 3.05) is 20.3 Å². The van der Waals surface area contributed by atoms with Crippen molar-refractivity contribution < 1.29 is 14.3 Å². The summed E-state index contributed by atoms with van der Waals surface area (Å²) in [5.41, 5.74) is 0. The molecule has 1 aliphatic heterocycles. The first-order chi connectivity index (χ1) is 13.5. The molecule has 6 unspecified atom stereocenters. The van der Waals surface area contributed by atoms with Gasteiger partial charge in [-0.15, -0.1) is 0 Å². The molecule has 0 radical (unpaired) electrons. The number of carbonyl (C=O) groups excluding carboxylic acids is 1. The summed E-state index contributed by atoms with van der Waals surface area (Å²) in [6.07, 6.45) is 6.44. The topological polar surface area (TPSA) is 95.4 Å². The number of nitriles is 1. The number of carbonyl (C=O) groups is 1. The maximum absolute atomic E-state index is 11.7. The Kier molecular flexibility index (Phi) is 7.69. The van der Waals surface area contributed by atoms with Gasteiger partial charge in [-0.3, -0.25) is 4.79 Å². The molecule has 28 heavy (non-hydrogen) atoms. The fourth-order valence-corrected chi connectivity index (χ4v) is 5.45. The highest BCUT2D eigenvalue weighted by molar-refractivity contribution is 5.73. The van der Waals surface area contributed by atoms with Gasteiger partial charge in [0, 0.05) is 45.3 Å². The minimum absolute atomic E-state index is 0.00599. The van der Waals surface area contributed by atoms with E-state index in [2.05, 4.69) is 22.0 Å². The second-order valence-electron chi connectivity index (χ2n) is 8.59. The van der Waals surface area contributed by atoms with Crippen molar-refractivity contribution in [1.82, 2.24) is 16.0 Å². The van der Waals surface area contributed by atoms with Crippen LogP contribution in [-0.2, 0) is 14.3 Å². The Morgan fingerprint density at radius 3 is 2.61 bits per heavy atom. The third-order valence-electron chi connectivity index (χ3n) is 6.84. The van der Waals surface area contributed by atoms with E-state index in [-0.39, 0.29) is 30.0 Å². The van der Waals surface area contributed by atoms with E-state index in [1.54, 1.807) is 14.0 Å². The lowest BCUT2D eigenvalue weighted by atomic mass is 9.69. The monoisotopic (exact) mass is 392 g/mol. The third kappa shape index (κ3) is 5.04. The van der Waals surface area contributed by atoms with Gasteiger partial charge in [0.25, 0.3) is 0 Å². The molecular formula is C21H36N4O3. The van der Waals surface area contributed by atoms with Gasteiger partial charge in [0.15, 0.2) is 0 Å². The molecule has 0 spiro atoms. The molecule has 0 aromatic carbocycles. The van der Waals surface area contributed by atoms with E-state index in [9.17, 15) is 10.1 Å².